The Balaban J connectivity index is 1.88. The van der Waals surface area contributed by atoms with E-state index in [-0.39, 0.29) is 0 Å². The lowest BCUT2D eigenvalue weighted by Gasteiger charge is -2.38. The van der Waals surface area contributed by atoms with Crippen molar-refractivity contribution < 1.29 is 4.74 Å². The molecule has 15 heavy (non-hydrogen) atoms. The van der Waals surface area contributed by atoms with Crippen molar-refractivity contribution in [1.82, 2.24) is 4.90 Å². The molecule has 0 aromatic rings. The largest absolute Gasteiger partial charge is 0.381 e. The summed E-state index contributed by atoms with van der Waals surface area (Å²) in [5, 5.41) is 0. The number of nitrogens with zero attached hydrogens (tertiary/aromatic N) is 1. The van der Waals surface area contributed by atoms with Gasteiger partial charge in [-0.2, -0.15) is 0 Å². The molecule has 2 rings (SSSR count). The molecule has 0 spiro atoms. The molecule has 88 valence electrons. The fourth-order valence-electron chi connectivity index (χ4n) is 2.86. The average Bonchev–Trinajstić information content (AvgIpc) is 2.75. The molecule has 3 heteroatoms. The van der Waals surface area contributed by atoms with Gasteiger partial charge in [-0.05, 0) is 38.3 Å². The van der Waals surface area contributed by atoms with Crippen molar-refractivity contribution in [3.8, 4) is 0 Å². The van der Waals surface area contributed by atoms with Crippen molar-refractivity contribution in [3.05, 3.63) is 0 Å². The van der Waals surface area contributed by atoms with Crippen molar-refractivity contribution in [2.24, 2.45) is 17.6 Å². The van der Waals surface area contributed by atoms with E-state index in [1.165, 1.54) is 32.4 Å². The number of hydrogen-bond donors (Lipinski definition) is 1. The summed E-state index contributed by atoms with van der Waals surface area (Å²) in [7, 11) is 0. The molecular formula is C12H24N2O. The topological polar surface area (TPSA) is 38.5 Å². The monoisotopic (exact) mass is 212 g/mol. The molecule has 3 nitrogen and oxygen atoms in total. The van der Waals surface area contributed by atoms with Gasteiger partial charge >= 0.3 is 0 Å². The van der Waals surface area contributed by atoms with Gasteiger partial charge in [-0.15, -0.1) is 0 Å². The molecule has 2 N–H and O–H groups in total. The fourth-order valence-corrected chi connectivity index (χ4v) is 2.86. The van der Waals surface area contributed by atoms with Gasteiger partial charge in [0.2, 0.25) is 0 Å². The Hall–Kier alpha value is -0.120. The second kappa shape index (κ2) is 5.28. The van der Waals surface area contributed by atoms with Crippen LogP contribution in [0.15, 0.2) is 0 Å². The van der Waals surface area contributed by atoms with Gasteiger partial charge in [-0.25, -0.2) is 0 Å². The molecule has 2 unspecified atom stereocenters. The van der Waals surface area contributed by atoms with Crippen LogP contribution in [0, 0.1) is 11.8 Å². The molecule has 0 amide bonds. The lowest BCUT2D eigenvalue weighted by molar-refractivity contribution is 0.0914. The van der Waals surface area contributed by atoms with E-state index in [0.717, 1.165) is 25.7 Å². The Labute approximate surface area is 93.0 Å². The Morgan fingerprint density at radius 2 is 2.07 bits per heavy atom. The van der Waals surface area contributed by atoms with Crippen LogP contribution in [0.3, 0.4) is 0 Å². The minimum atomic E-state index is 0.569. The van der Waals surface area contributed by atoms with Gasteiger partial charge < -0.3 is 10.5 Å². The molecule has 0 aromatic heterocycles. The summed E-state index contributed by atoms with van der Waals surface area (Å²) < 4.78 is 5.47. The van der Waals surface area contributed by atoms with Gasteiger partial charge in [0.1, 0.15) is 0 Å². The zero-order chi connectivity index (χ0) is 10.7. The molecule has 2 aliphatic rings. The quantitative estimate of drug-likeness (QED) is 0.761. The van der Waals surface area contributed by atoms with Crippen molar-refractivity contribution in [2.45, 2.75) is 32.2 Å². The van der Waals surface area contributed by atoms with Crippen LogP contribution in [0.4, 0.5) is 0 Å². The zero-order valence-electron chi connectivity index (χ0n) is 9.82. The van der Waals surface area contributed by atoms with E-state index in [1.54, 1.807) is 0 Å². The van der Waals surface area contributed by atoms with E-state index in [2.05, 4.69) is 11.8 Å². The SMILES string of the molecule is CC1CCN(C(CN)C2CCOC2)CC1. The van der Waals surface area contributed by atoms with Crippen molar-refractivity contribution in [3.63, 3.8) is 0 Å². The number of piperidine rings is 1. The standard InChI is InChI=1S/C12H24N2O/c1-10-2-5-14(6-3-10)12(8-13)11-4-7-15-9-11/h10-12H,2-9,13H2,1H3. The van der Waals surface area contributed by atoms with E-state index in [9.17, 15) is 0 Å². The molecule has 0 aliphatic carbocycles. The number of ether oxygens (including phenoxy) is 1. The molecule has 2 atom stereocenters. The first kappa shape index (κ1) is 11.4. The lowest BCUT2D eigenvalue weighted by atomic mass is 9.92. The van der Waals surface area contributed by atoms with E-state index >= 15 is 0 Å². The summed E-state index contributed by atoms with van der Waals surface area (Å²) in [6.45, 7) is 7.48. The van der Waals surface area contributed by atoms with E-state index in [0.29, 0.717) is 12.0 Å². The minimum Gasteiger partial charge on any atom is -0.381 e. The Kier molecular flexibility index (Phi) is 4.00. The van der Waals surface area contributed by atoms with Crippen LogP contribution in [-0.4, -0.2) is 43.8 Å². The van der Waals surface area contributed by atoms with E-state index in [4.69, 9.17) is 10.5 Å². The number of rotatable bonds is 3. The van der Waals surface area contributed by atoms with Crippen molar-refractivity contribution >= 4 is 0 Å². The van der Waals surface area contributed by atoms with Gasteiger partial charge in [-0.3, -0.25) is 4.90 Å². The van der Waals surface area contributed by atoms with Gasteiger partial charge in [0.05, 0.1) is 6.61 Å². The predicted octanol–water partition coefficient (Wildman–Crippen LogP) is 1.08. The molecule has 2 heterocycles. The second-order valence-corrected chi connectivity index (χ2v) is 5.15. The number of likely N-dealkylation sites (tertiary alicyclic amines) is 1. The molecule has 2 saturated heterocycles. The summed E-state index contributed by atoms with van der Waals surface area (Å²) in [6.07, 6.45) is 3.88. The highest BCUT2D eigenvalue weighted by Crippen LogP contribution is 2.25. The van der Waals surface area contributed by atoms with Gasteiger partial charge in [0.25, 0.3) is 0 Å². The van der Waals surface area contributed by atoms with Crippen LogP contribution < -0.4 is 5.73 Å². The maximum Gasteiger partial charge on any atom is 0.0510 e. The summed E-state index contributed by atoms with van der Waals surface area (Å²) in [5.74, 6) is 1.59. The van der Waals surface area contributed by atoms with Gasteiger partial charge in [-0.1, -0.05) is 6.92 Å². The zero-order valence-corrected chi connectivity index (χ0v) is 9.82. The maximum absolute atomic E-state index is 5.92. The van der Waals surface area contributed by atoms with Gasteiger partial charge in [0, 0.05) is 25.1 Å². The first-order valence-corrected chi connectivity index (χ1v) is 6.33. The Morgan fingerprint density at radius 1 is 1.33 bits per heavy atom. The third-order valence-electron chi connectivity index (χ3n) is 4.04. The highest BCUT2D eigenvalue weighted by molar-refractivity contribution is 4.85. The molecular weight excluding hydrogens is 188 g/mol. The van der Waals surface area contributed by atoms with E-state index in [1.807, 2.05) is 0 Å². The molecule has 0 aromatic carbocycles. The molecule has 0 bridgehead atoms. The third-order valence-corrected chi connectivity index (χ3v) is 4.04. The normalized spacial score (nSPS) is 32.0. The Bertz CT molecular complexity index is 184. The molecule has 2 aliphatic heterocycles. The Morgan fingerprint density at radius 3 is 2.60 bits per heavy atom. The van der Waals surface area contributed by atoms with Crippen LogP contribution >= 0.6 is 0 Å². The van der Waals surface area contributed by atoms with Crippen LogP contribution in [0.1, 0.15) is 26.2 Å². The number of hydrogen-bond acceptors (Lipinski definition) is 3. The first-order valence-electron chi connectivity index (χ1n) is 6.33. The summed E-state index contributed by atoms with van der Waals surface area (Å²) in [6, 6.07) is 0.569. The number of nitrogens with two attached hydrogens (primary N) is 1. The molecule has 2 fully saturated rings. The molecule has 0 radical (unpaired) electrons. The lowest BCUT2D eigenvalue weighted by Crippen LogP contribution is -2.49. The minimum absolute atomic E-state index is 0.569. The first-order chi connectivity index (χ1) is 7.31. The van der Waals surface area contributed by atoms with Crippen LogP contribution in [-0.2, 0) is 4.74 Å². The third kappa shape index (κ3) is 2.71. The fraction of sp³-hybridized carbons (Fsp3) is 1.00. The van der Waals surface area contributed by atoms with Crippen LogP contribution in [0.2, 0.25) is 0 Å². The second-order valence-electron chi connectivity index (χ2n) is 5.15. The van der Waals surface area contributed by atoms with Crippen molar-refractivity contribution in [2.75, 3.05) is 32.8 Å². The highest BCUT2D eigenvalue weighted by Gasteiger charge is 2.31. The summed E-state index contributed by atoms with van der Waals surface area (Å²) >= 11 is 0. The average molecular weight is 212 g/mol. The van der Waals surface area contributed by atoms with Crippen LogP contribution in [0.25, 0.3) is 0 Å². The highest BCUT2D eigenvalue weighted by atomic mass is 16.5. The predicted molar refractivity (Wildman–Crippen MR) is 61.7 cm³/mol. The smallest absolute Gasteiger partial charge is 0.0510 e. The van der Waals surface area contributed by atoms with Gasteiger partial charge in [0.15, 0.2) is 0 Å². The summed E-state index contributed by atoms with van der Waals surface area (Å²) in [5.41, 5.74) is 5.92. The van der Waals surface area contributed by atoms with Crippen molar-refractivity contribution in [1.29, 1.82) is 0 Å². The maximum atomic E-state index is 5.92. The van der Waals surface area contributed by atoms with E-state index < -0.39 is 0 Å². The summed E-state index contributed by atoms with van der Waals surface area (Å²) in [4.78, 5) is 2.60. The molecule has 0 saturated carbocycles. The van der Waals surface area contributed by atoms with Crippen LogP contribution in [0.5, 0.6) is 0 Å².